The van der Waals surface area contributed by atoms with E-state index in [9.17, 15) is 5.26 Å². The van der Waals surface area contributed by atoms with E-state index in [2.05, 4.69) is 11.0 Å². The first-order valence-electron chi connectivity index (χ1n) is 8.81. The van der Waals surface area contributed by atoms with Gasteiger partial charge in [0, 0.05) is 24.2 Å². The molecule has 4 nitrogen and oxygen atoms in total. The Morgan fingerprint density at radius 2 is 1.88 bits per heavy atom. The van der Waals surface area contributed by atoms with Crippen molar-refractivity contribution in [3.8, 4) is 17.6 Å². The van der Waals surface area contributed by atoms with E-state index >= 15 is 0 Å². The summed E-state index contributed by atoms with van der Waals surface area (Å²) in [4.78, 5) is 3.13. The number of rotatable bonds is 5. The van der Waals surface area contributed by atoms with Gasteiger partial charge in [-0.1, -0.05) is 30.4 Å². The molecule has 0 spiro atoms. The molecular weight excluding hydrogens is 344 g/mol. The van der Waals surface area contributed by atoms with Crippen LogP contribution in [0.5, 0.6) is 11.5 Å². The molecule has 1 heterocycles. The molecule has 1 aliphatic heterocycles. The molecule has 0 bridgehead atoms. The molecule has 1 aliphatic rings. The predicted molar refractivity (Wildman–Crippen MR) is 106 cm³/mol. The van der Waals surface area contributed by atoms with Crippen LogP contribution in [0.1, 0.15) is 36.0 Å². The molecule has 2 aromatic rings. The monoisotopic (exact) mass is 366 g/mol. The lowest BCUT2D eigenvalue weighted by atomic mass is 10.1. The van der Waals surface area contributed by atoms with Gasteiger partial charge in [-0.25, -0.2) is 0 Å². The Morgan fingerprint density at radius 3 is 2.62 bits per heavy atom. The van der Waals surface area contributed by atoms with E-state index in [1.54, 1.807) is 13.2 Å². The Labute approximate surface area is 160 Å². The molecule has 0 aliphatic carbocycles. The molecule has 134 valence electrons. The van der Waals surface area contributed by atoms with Crippen molar-refractivity contribution >= 4 is 17.2 Å². The molecule has 1 fully saturated rings. The Hall–Kier alpha value is -2.58. The van der Waals surface area contributed by atoms with E-state index in [-0.39, 0.29) is 0 Å². The van der Waals surface area contributed by atoms with E-state index in [1.165, 1.54) is 19.3 Å². The van der Waals surface area contributed by atoms with Crippen LogP contribution < -0.4 is 9.47 Å². The molecular formula is C21H22N2O2S. The van der Waals surface area contributed by atoms with Crippen LogP contribution in [0.3, 0.4) is 0 Å². The first-order chi connectivity index (χ1) is 12.7. The van der Waals surface area contributed by atoms with Gasteiger partial charge >= 0.3 is 0 Å². The first kappa shape index (κ1) is 18.2. The van der Waals surface area contributed by atoms with Crippen LogP contribution in [-0.2, 0) is 6.61 Å². The minimum atomic E-state index is 0.315. The zero-order valence-electron chi connectivity index (χ0n) is 14.9. The molecule has 3 rings (SSSR count). The van der Waals surface area contributed by atoms with Crippen molar-refractivity contribution in [3.05, 3.63) is 59.2 Å². The zero-order valence-corrected chi connectivity index (χ0v) is 15.7. The minimum Gasteiger partial charge on any atom is -0.493 e. The van der Waals surface area contributed by atoms with Crippen molar-refractivity contribution in [1.82, 2.24) is 4.90 Å². The summed E-state index contributed by atoms with van der Waals surface area (Å²) in [6, 6.07) is 15.4. The molecule has 0 unspecified atom stereocenters. The second kappa shape index (κ2) is 8.68. The van der Waals surface area contributed by atoms with Crippen LogP contribution in [0.4, 0.5) is 0 Å². The molecule has 5 heteroatoms. The van der Waals surface area contributed by atoms with Gasteiger partial charge in [-0.15, -0.1) is 0 Å². The van der Waals surface area contributed by atoms with Crippen molar-refractivity contribution in [2.45, 2.75) is 25.9 Å². The number of benzene rings is 2. The van der Waals surface area contributed by atoms with Gasteiger partial charge in [-0.05, 0) is 43.5 Å². The molecule has 0 radical (unpaired) electrons. The molecule has 0 saturated carbocycles. The molecule has 0 atom stereocenters. The highest BCUT2D eigenvalue weighted by Gasteiger charge is 2.17. The number of thiocarbonyl (C=S) groups is 1. The van der Waals surface area contributed by atoms with Crippen molar-refractivity contribution in [1.29, 1.82) is 5.26 Å². The summed E-state index contributed by atoms with van der Waals surface area (Å²) in [5, 5.41) is 9.19. The number of methoxy groups -OCH3 is 1. The average Bonchev–Trinajstić information content (AvgIpc) is 2.72. The zero-order chi connectivity index (χ0) is 18.4. The van der Waals surface area contributed by atoms with Crippen molar-refractivity contribution in [2.24, 2.45) is 0 Å². The summed E-state index contributed by atoms with van der Waals surface area (Å²) in [7, 11) is 1.62. The Morgan fingerprint density at radius 1 is 1.12 bits per heavy atom. The number of nitrogens with zero attached hydrogens (tertiary/aromatic N) is 2. The fourth-order valence-electron chi connectivity index (χ4n) is 3.11. The summed E-state index contributed by atoms with van der Waals surface area (Å²) in [6.07, 6.45) is 3.66. The van der Waals surface area contributed by atoms with Gasteiger partial charge < -0.3 is 14.4 Å². The fourth-order valence-corrected chi connectivity index (χ4v) is 3.42. The lowest BCUT2D eigenvalue weighted by Crippen LogP contribution is -2.34. The number of piperidine rings is 1. The quantitative estimate of drug-likeness (QED) is 0.738. The number of hydrogen-bond acceptors (Lipinski definition) is 4. The maximum absolute atomic E-state index is 9.19. The second-order valence-electron chi connectivity index (χ2n) is 6.28. The summed E-state index contributed by atoms with van der Waals surface area (Å²) < 4.78 is 11.4. The molecule has 0 N–H and O–H groups in total. The lowest BCUT2D eigenvalue weighted by Gasteiger charge is -2.29. The van der Waals surface area contributed by atoms with Gasteiger partial charge in [-0.2, -0.15) is 5.26 Å². The molecule has 0 amide bonds. The maximum Gasteiger partial charge on any atom is 0.161 e. The van der Waals surface area contributed by atoms with Gasteiger partial charge in [0.25, 0.3) is 0 Å². The van der Waals surface area contributed by atoms with Gasteiger partial charge in [0.1, 0.15) is 11.6 Å². The summed E-state index contributed by atoms with van der Waals surface area (Å²) in [5.74, 6) is 1.29. The van der Waals surface area contributed by atoms with Gasteiger partial charge in [0.15, 0.2) is 11.5 Å². The van der Waals surface area contributed by atoms with Gasteiger partial charge in [0.2, 0.25) is 0 Å². The highest BCUT2D eigenvalue weighted by molar-refractivity contribution is 7.80. The number of nitriles is 1. The summed E-state index contributed by atoms with van der Waals surface area (Å²) in [5.41, 5.74) is 2.45. The highest BCUT2D eigenvalue weighted by atomic mass is 32.1. The SMILES string of the molecule is COc1cc(C(=S)N2CCCCC2)ccc1OCc1ccccc1C#N. The summed E-state index contributed by atoms with van der Waals surface area (Å²) >= 11 is 5.66. The van der Waals surface area contributed by atoms with E-state index in [0.29, 0.717) is 23.7 Å². The van der Waals surface area contributed by atoms with Crippen LogP contribution in [0, 0.1) is 11.3 Å². The van der Waals surface area contributed by atoms with Gasteiger partial charge in [-0.3, -0.25) is 0 Å². The first-order valence-corrected chi connectivity index (χ1v) is 9.22. The third-order valence-corrected chi connectivity index (χ3v) is 5.07. The van der Waals surface area contributed by atoms with E-state index in [0.717, 1.165) is 29.2 Å². The third kappa shape index (κ3) is 4.14. The van der Waals surface area contributed by atoms with E-state index in [4.69, 9.17) is 21.7 Å². The van der Waals surface area contributed by atoms with Crippen LogP contribution in [0.2, 0.25) is 0 Å². The topological polar surface area (TPSA) is 45.5 Å². The van der Waals surface area contributed by atoms with Crippen molar-refractivity contribution in [3.63, 3.8) is 0 Å². The van der Waals surface area contributed by atoms with E-state index < -0.39 is 0 Å². The molecule has 0 aromatic heterocycles. The number of hydrogen-bond donors (Lipinski definition) is 0. The molecule has 2 aromatic carbocycles. The average molecular weight is 366 g/mol. The van der Waals surface area contributed by atoms with Crippen LogP contribution in [0.15, 0.2) is 42.5 Å². The van der Waals surface area contributed by atoms with Crippen molar-refractivity contribution in [2.75, 3.05) is 20.2 Å². The molecule has 1 saturated heterocycles. The van der Waals surface area contributed by atoms with Crippen LogP contribution in [0.25, 0.3) is 0 Å². The lowest BCUT2D eigenvalue weighted by molar-refractivity contribution is 0.284. The normalized spacial score (nSPS) is 13.8. The smallest absolute Gasteiger partial charge is 0.161 e. The molecule has 26 heavy (non-hydrogen) atoms. The third-order valence-electron chi connectivity index (χ3n) is 4.57. The minimum absolute atomic E-state index is 0.315. The highest BCUT2D eigenvalue weighted by Crippen LogP contribution is 2.30. The second-order valence-corrected chi connectivity index (χ2v) is 6.66. The standard InChI is InChI=1S/C21H22N2O2S/c1-24-20-13-16(21(26)23-11-5-2-6-12-23)9-10-19(20)25-15-18-8-4-3-7-17(18)14-22/h3-4,7-10,13H,2,5-6,11-12,15H2,1H3. The Balaban J connectivity index is 1.74. The number of likely N-dealkylation sites (tertiary alicyclic amines) is 1. The van der Waals surface area contributed by atoms with E-state index in [1.807, 2.05) is 36.4 Å². The predicted octanol–water partition coefficient (Wildman–Crippen LogP) is 4.31. The maximum atomic E-state index is 9.19. The van der Waals surface area contributed by atoms with Gasteiger partial charge in [0.05, 0.1) is 18.7 Å². The Kier molecular flexibility index (Phi) is 6.08. The number of ether oxygens (including phenoxy) is 2. The van der Waals surface area contributed by atoms with Crippen LogP contribution >= 0.6 is 12.2 Å². The fraction of sp³-hybridized carbons (Fsp3) is 0.333. The largest absolute Gasteiger partial charge is 0.493 e. The Bertz CT molecular complexity index is 823. The van der Waals surface area contributed by atoms with Crippen molar-refractivity contribution < 1.29 is 9.47 Å². The van der Waals surface area contributed by atoms with Crippen LogP contribution in [-0.4, -0.2) is 30.1 Å². The summed E-state index contributed by atoms with van der Waals surface area (Å²) in [6.45, 7) is 2.35.